The molecule has 0 aliphatic carbocycles. The third-order valence-corrected chi connectivity index (χ3v) is 10.9. The molecule has 0 spiro atoms. The van der Waals surface area contributed by atoms with Crippen LogP contribution in [0.1, 0.15) is 0 Å². The molecule has 2 aromatic heterocycles. The number of furan rings is 1. The number of hydrogen-bond acceptors (Lipinski definition) is 3. The van der Waals surface area contributed by atoms with Gasteiger partial charge in [-0.2, -0.15) is 0 Å². The lowest BCUT2D eigenvalue weighted by atomic mass is 9.98. The highest BCUT2D eigenvalue weighted by Gasteiger charge is 2.20. The van der Waals surface area contributed by atoms with Crippen LogP contribution in [0.4, 0.5) is 17.1 Å². The third kappa shape index (κ3) is 4.55. The van der Waals surface area contributed by atoms with E-state index in [1.54, 1.807) is 0 Å². The SMILES string of the molecule is c1ccc(-c2cccc3c2oc2cc(N(c4ccc(-c5cccc6ccccc56)cc4)c4cccc5c4sc4ccccc45)ccc23)cc1. The number of benzene rings is 8. The van der Waals surface area contributed by atoms with Crippen LogP contribution in [-0.2, 0) is 0 Å². The number of thiophene rings is 1. The summed E-state index contributed by atoms with van der Waals surface area (Å²) in [6.45, 7) is 0. The van der Waals surface area contributed by atoms with Gasteiger partial charge < -0.3 is 9.32 Å². The smallest absolute Gasteiger partial charge is 0.143 e. The fraction of sp³-hybridized carbons (Fsp3) is 0. The zero-order valence-electron chi connectivity index (χ0n) is 26.5. The van der Waals surface area contributed by atoms with Gasteiger partial charge in [-0.3, -0.25) is 0 Å². The first-order valence-electron chi connectivity index (χ1n) is 16.6. The van der Waals surface area contributed by atoms with E-state index in [0.717, 1.165) is 50.1 Å². The van der Waals surface area contributed by atoms with Gasteiger partial charge in [0.15, 0.2) is 0 Å². The largest absolute Gasteiger partial charge is 0.455 e. The predicted octanol–water partition coefficient (Wildman–Crippen LogP) is 13.9. The summed E-state index contributed by atoms with van der Waals surface area (Å²) >= 11 is 1.85. The van der Waals surface area contributed by atoms with E-state index in [-0.39, 0.29) is 0 Å². The van der Waals surface area contributed by atoms with E-state index < -0.39 is 0 Å². The highest BCUT2D eigenvalue weighted by Crippen LogP contribution is 2.46. The maximum atomic E-state index is 6.73. The normalized spacial score (nSPS) is 11.7. The van der Waals surface area contributed by atoms with Crippen molar-refractivity contribution in [2.24, 2.45) is 0 Å². The lowest BCUT2D eigenvalue weighted by Crippen LogP contribution is -2.10. The van der Waals surface area contributed by atoms with Crippen molar-refractivity contribution >= 4 is 81.3 Å². The van der Waals surface area contributed by atoms with Gasteiger partial charge in [0.1, 0.15) is 11.2 Å². The summed E-state index contributed by atoms with van der Waals surface area (Å²) in [5, 5.41) is 7.31. The Bertz CT molecular complexity index is 2820. The Kier molecular flexibility index (Phi) is 6.39. The Hall–Kier alpha value is -6.16. The number of anilines is 3. The Morgan fingerprint density at radius 3 is 1.98 bits per heavy atom. The van der Waals surface area contributed by atoms with Crippen molar-refractivity contribution in [3.05, 3.63) is 176 Å². The highest BCUT2D eigenvalue weighted by molar-refractivity contribution is 7.26. The second-order valence-electron chi connectivity index (χ2n) is 12.5. The topological polar surface area (TPSA) is 16.4 Å². The van der Waals surface area contributed by atoms with E-state index in [4.69, 9.17) is 4.42 Å². The molecule has 49 heavy (non-hydrogen) atoms. The highest BCUT2D eigenvalue weighted by atomic mass is 32.1. The van der Waals surface area contributed by atoms with Crippen molar-refractivity contribution in [2.75, 3.05) is 4.90 Å². The molecule has 10 rings (SSSR count). The Balaban J connectivity index is 1.17. The number of hydrogen-bond donors (Lipinski definition) is 0. The summed E-state index contributed by atoms with van der Waals surface area (Å²) in [5.74, 6) is 0. The van der Waals surface area contributed by atoms with Gasteiger partial charge in [0, 0.05) is 49.2 Å². The average Bonchev–Trinajstić information content (AvgIpc) is 3.74. The minimum atomic E-state index is 0.872. The van der Waals surface area contributed by atoms with Crippen LogP contribution in [0.2, 0.25) is 0 Å². The van der Waals surface area contributed by atoms with Crippen LogP contribution in [0, 0.1) is 0 Å². The summed E-state index contributed by atoms with van der Waals surface area (Å²) in [7, 11) is 0. The summed E-state index contributed by atoms with van der Waals surface area (Å²) in [6, 6.07) is 63.1. The molecule has 3 heteroatoms. The van der Waals surface area contributed by atoms with Crippen molar-refractivity contribution in [3.8, 4) is 22.3 Å². The second-order valence-corrected chi connectivity index (χ2v) is 13.5. The molecule has 0 saturated heterocycles. The van der Waals surface area contributed by atoms with Gasteiger partial charge in [-0.15, -0.1) is 11.3 Å². The van der Waals surface area contributed by atoms with Crippen LogP contribution in [0.5, 0.6) is 0 Å². The first-order chi connectivity index (χ1) is 24.3. The molecular formula is C46H29NOS. The summed E-state index contributed by atoms with van der Waals surface area (Å²) < 4.78 is 9.28. The van der Waals surface area contributed by atoms with Crippen LogP contribution in [-0.4, -0.2) is 0 Å². The zero-order chi connectivity index (χ0) is 32.3. The van der Waals surface area contributed by atoms with Crippen molar-refractivity contribution in [1.82, 2.24) is 0 Å². The van der Waals surface area contributed by atoms with Crippen LogP contribution < -0.4 is 4.90 Å². The summed E-state index contributed by atoms with van der Waals surface area (Å²) in [6.07, 6.45) is 0. The van der Waals surface area contributed by atoms with Gasteiger partial charge in [0.2, 0.25) is 0 Å². The Labute approximate surface area is 287 Å². The number of fused-ring (bicyclic) bond motifs is 7. The van der Waals surface area contributed by atoms with Crippen molar-refractivity contribution in [3.63, 3.8) is 0 Å². The van der Waals surface area contributed by atoms with Crippen LogP contribution >= 0.6 is 11.3 Å². The predicted molar refractivity (Wildman–Crippen MR) is 210 cm³/mol. The average molecular weight is 644 g/mol. The van der Waals surface area contributed by atoms with E-state index in [0.29, 0.717) is 0 Å². The van der Waals surface area contributed by atoms with Crippen LogP contribution in [0.15, 0.2) is 180 Å². The van der Waals surface area contributed by atoms with E-state index in [1.807, 2.05) is 11.3 Å². The van der Waals surface area contributed by atoms with Crippen LogP contribution in [0.25, 0.3) is 75.1 Å². The lowest BCUT2D eigenvalue weighted by Gasteiger charge is -2.26. The van der Waals surface area contributed by atoms with E-state index >= 15 is 0 Å². The zero-order valence-corrected chi connectivity index (χ0v) is 27.3. The number of nitrogens with zero attached hydrogens (tertiary/aromatic N) is 1. The molecule has 10 aromatic rings. The standard InChI is InChI=1S/C46H29NOS/c1-2-11-31(12-3-1)37-18-9-19-40-38-28-27-34(29-43(38)48-45(37)40)47(42-21-10-20-41-39-16-6-7-22-44(39)49-46(41)42)33-25-23-32(24-26-33)36-17-8-14-30-13-4-5-15-35(30)36/h1-29H. The molecule has 0 radical (unpaired) electrons. The molecule has 0 fully saturated rings. The molecule has 8 aromatic carbocycles. The summed E-state index contributed by atoms with van der Waals surface area (Å²) in [5.41, 5.74) is 9.77. The molecule has 0 aliphatic heterocycles. The van der Waals surface area contributed by atoms with E-state index in [1.165, 1.54) is 42.1 Å². The molecule has 0 amide bonds. The molecule has 2 nitrogen and oxygen atoms in total. The van der Waals surface area contributed by atoms with Crippen molar-refractivity contribution in [1.29, 1.82) is 0 Å². The van der Waals surface area contributed by atoms with Gasteiger partial charge in [-0.25, -0.2) is 0 Å². The molecule has 0 saturated carbocycles. The van der Waals surface area contributed by atoms with E-state index in [2.05, 4.69) is 181 Å². The Morgan fingerprint density at radius 1 is 0.429 bits per heavy atom. The Morgan fingerprint density at radius 2 is 1.08 bits per heavy atom. The van der Waals surface area contributed by atoms with Gasteiger partial charge >= 0.3 is 0 Å². The molecular weight excluding hydrogens is 615 g/mol. The molecule has 0 N–H and O–H groups in total. The fourth-order valence-corrected chi connectivity index (χ4v) is 8.58. The maximum absolute atomic E-state index is 6.73. The molecule has 0 atom stereocenters. The molecule has 230 valence electrons. The number of rotatable bonds is 5. The minimum absolute atomic E-state index is 0.872. The van der Waals surface area contributed by atoms with E-state index in [9.17, 15) is 0 Å². The van der Waals surface area contributed by atoms with Gasteiger partial charge in [0.25, 0.3) is 0 Å². The number of para-hydroxylation sites is 1. The fourth-order valence-electron chi connectivity index (χ4n) is 7.37. The van der Waals surface area contributed by atoms with Crippen molar-refractivity contribution < 1.29 is 4.42 Å². The molecule has 0 bridgehead atoms. The third-order valence-electron chi connectivity index (χ3n) is 9.68. The van der Waals surface area contributed by atoms with Crippen LogP contribution in [0.3, 0.4) is 0 Å². The monoisotopic (exact) mass is 643 g/mol. The summed E-state index contributed by atoms with van der Waals surface area (Å²) in [4.78, 5) is 2.38. The first kappa shape index (κ1) is 27.9. The lowest BCUT2D eigenvalue weighted by molar-refractivity contribution is 0.670. The van der Waals surface area contributed by atoms with Crippen molar-refractivity contribution in [2.45, 2.75) is 0 Å². The van der Waals surface area contributed by atoms with Gasteiger partial charge in [0.05, 0.1) is 10.4 Å². The quantitative estimate of drug-likeness (QED) is 0.186. The molecule has 0 unspecified atom stereocenters. The maximum Gasteiger partial charge on any atom is 0.143 e. The second kappa shape index (κ2) is 11.2. The molecule has 2 heterocycles. The minimum Gasteiger partial charge on any atom is -0.455 e. The van der Waals surface area contributed by atoms with Gasteiger partial charge in [-0.1, -0.05) is 133 Å². The van der Waals surface area contributed by atoms with Gasteiger partial charge in [-0.05, 0) is 63.9 Å². The molecule has 0 aliphatic rings. The first-order valence-corrected chi connectivity index (χ1v) is 17.4.